The van der Waals surface area contributed by atoms with E-state index in [0.29, 0.717) is 18.6 Å². The highest BCUT2D eigenvalue weighted by atomic mass is 32.2. The lowest BCUT2D eigenvalue weighted by Gasteiger charge is -2.38. The van der Waals surface area contributed by atoms with Gasteiger partial charge in [0.2, 0.25) is 23.8 Å². The van der Waals surface area contributed by atoms with Crippen LogP contribution in [-0.2, 0) is 35.1 Å². The van der Waals surface area contributed by atoms with Crippen LogP contribution in [0.2, 0.25) is 0 Å². The van der Waals surface area contributed by atoms with Crippen LogP contribution in [0.3, 0.4) is 0 Å². The minimum atomic E-state index is -2.67. The molecule has 0 spiro atoms. The Morgan fingerprint density at radius 3 is 2.45 bits per heavy atom. The van der Waals surface area contributed by atoms with Gasteiger partial charge in [-0.05, 0) is 67.2 Å². The first-order valence-corrected chi connectivity index (χ1v) is 16.7. The number of carbonyl (C=O) groups is 5. The number of rotatable bonds is 16. The van der Waals surface area contributed by atoms with Gasteiger partial charge in [-0.1, -0.05) is 31.4 Å². The summed E-state index contributed by atoms with van der Waals surface area (Å²) in [5.41, 5.74) is 5.49. The third kappa shape index (κ3) is 8.77. The van der Waals surface area contributed by atoms with Crippen molar-refractivity contribution in [2.24, 2.45) is 17.1 Å². The smallest absolute Gasteiger partial charge is 0.353 e. The number of esters is 1. The third-order valence-corrected chi connectivity index (χ3v) is 10.8. The number of aliphatic hydroxyl groups is 2. The number of aliphatic carboxylic acids is 2. The molecule has 1 aromatic rings. The number of amides is 2. The van der Waals surface area contributed by atoms with E-state index in [0.717, 1.165) is 55.2 Å². The summed E-state index contributed by atoms with van der Waals surface area (Å²) in [4.78, 5) is 65.7. The van der Waals surface area contributed by atoms with Gasteiger partial charge in [-0.2, -0.15) is 0 Å². The molecular weight excluding hydrogens is 632 g/mol. The minimum absolute atomic E-state index is 0.0930. The second-order valence-electron chi connectivity index (χ2n) is 12.4. The molecule has 0 saturated heterocycles. The van der Waals surface area contributed by atoms with E-state index >= 15 is 0 Å². The van der Waals surface area contributed by atoms with Gasteiger partial charge in [-0.15, -0.1) is 11.8 Å². The fraction of sp³-hybridized carbons (Fsp3) is 0.562. The Bertz CT molecular complexity index is 1420. The number of allylic oxidation sites excluding steroid dienone is 1. The molecule has 5 atom stereocenters. The molecule has 2 heterocycles. The molecule has 0 radical (unpaired) electrons. The van der Waals surface area contributed by atoms with Gasteiger partial charge in [-0.3, -0.25) is 25.1 Å². The van der Waals surface area contributed by atoms with E-state index in [1.165, 1.54) is 11.8 Å². The first-order valence-electron chi connectivity index (χ1n) is 15.7. The van der Waals surface area contributed by atoms with Gasteiger partial charge < -0.3 is 35.8 Å². The molecule has 2 aliphatic carbocycles. The zero-order chi connectivity index (χ0) is 34.4. The molecule has 256 valence electrons. The van der Waals surface area contributed by atoms with Crippen LogP contribution in [0, 0.1) is 11.3 Å². The van der Waals surface area contributed by atoms with E-state index in [2.05, 4.69) is 17.2 Å². The number of carbonyl (C=O) groups excluding carboxylic acids is 3. The molecule has 3 aliphatic rings. The van der Waals surface area contributed by atoms with Crippen LogP contribution in [0.15, 0.2) is 47.5 Å². The Hall–Kier alpha value is -3.79. The fourth-order valence-corrected chi connectivity index (χ4v) is 8.21. The predicted molar refractivity (Wildman–Crippen MR) is 169 cm³/mol. The number of cyclic esters (lactones) is 1. The monoisotopic (exact) mass is 674 g/mol. The summed E-state index contributed by atoms with van der Waals surface area (Å²) >= 11 is 1.31. The largest absolute Gasteiger partial charge is 0.478 e. The van der Waals surface area contributed by atoms with E-state index in [9.17, 15) is 34.2 Å². The molecule has 47 heavy (non-hydrogen) atoms. The highest BCUT2D eigenvalue weighted by Gasteiger charge is 2.49. The van der Waals surface area contributed by atoms with Crippen molar-refractivity contribution in [2.45, 2.75) is 94.4 Å². The second-order valence-corrected chi connectivity index (χ2v) is 13.5. The Labute approximate surface area is 276 Å². The third-order valence-electron chi connectivity index (χ3n) is 9.25. The Morgan fingerprint density at radius 1 is 1.15 bits per heavy atom. The standard InChI is InChI=1S/C32H42N4O10S/c1-2-31(10-3-4-11-31)25(24-20-6-5-19(16-21(20)29(42)46-24)15-18-8-13-34-14-9-18)47-17-22(26(38)36-27(39)28(40)41)35-23(37)7-12-32(33,45)30(43)44/h8-9,13-14,16,21-22,25,27,39,45H,2-7,10-12,15,17,33H2,1H3,(H,35,37)(H,36,38)(H,40,41)(H,43,44). The Morgan fingerprint density at radius 2 is 1.83 bits per heavy atom. The molecule has 14 nitrogen and oxygen atoms in total. The molecule has 4 rings (SSSR count). The van der Waals surface area contributed by atoms with Gasteiger partial charge in [0, 0.05) is 31.0 Å². The molecule has 1 aromatic heterocycles. The van der Waals surface area contributed by atoms with Crippen molar-refractivity contribution in [1.82, 2.24) is 15.6 Å². The van der Waals surface area contributed by atoms with Crippen molar-refractivity contribution in [3.63, 3.8) is 0 Å². The molecule has 0 bridgehead atoms. The number of thioether (sulfide) groups is 1. The lowest BCUT2D eigenvalue weighted by atomic mass is 9.76. The summed E-state index contributed by atoms with van der Waals surface area (Å²) in [6.07, 6.45) is 8.45. The summed E-state index contributed by atoms with van der Waals surface area (Å²) in [6, 6.07) is 2.50. The number of carboxylic acids is 2. The fourth-order valence-electron chi connectivity index (χ4n) is 6.49. The average molecular weight is 675 g/mol. The van der Waals surface area contributed by atoms with E-state index < -0.39 is 60.5 Å². The molecule has 1 fully saturated rings. The molecule has 1 aliphatic heterocycles. The Balaban J connectivity index is 1.59. The van der Waals surface area contributed by atoms with Crippen LogP contribution in [0.4, 0.5) is 0 Å². The van der Waals surface area contributed by atoms with Gasteiger partial charge in [0.25, 0.3) is 0 Å². The number of nitrogens with zero attached hydrogens (tertiary/aromatic N) is 1. The van der Waals surface area contributed by atoms with Crippen LogP contribution in [0.1, 0.15) is 70.3 Å². The summed E-state index contributed by atoms with van der Waals surface area (Å²) in [5.74, 6) is -5.66. The number of ether oxygens (including phenoxy) is 1. The predicted octanol–water partition coefficient (Wildman–Crippen LogP) is 1.36. The maximum atomic E-state index is 13.3. The zero-order valence-corrected chi connectivity index (χ0v) is 27.0. The number of carboxylic acid groups (broad SMARTS) is 2. The summed E-state index contributed by atoms with van der Waals surface area (Å²) < 4.78 is 6.04. The number of hydrogen-bond acceptors (Lipinski definition) is 11. The quantitative estimate of drug-likeness (QED) is 0.0746. The molecule has 0 aromatic carbocycles. The topological polar surface area (TPSA) is 238 Å². The van der Waals surface area contributed by atoms with Gasteiger partial charge in [-0.25, -0.2) is 9.59 Å². The van der Waals surface area contributed by atoms with Crippen molar-refractivity contribution in [3.8, 4) is 0 Å². The van der Waals surface area contributed by atoms with Gasteiger partial charge in [0.05, 0.1) is 5.25 Å². The number of aliphatic hydroxyl groups excluding tert-OH is 1. The lowest BCUT2D eigenvalue weighted by molar-refractivity contribution is -0.159. The van der Waals surface area contributed by atoms with Crippen molar-refractivity contribution < 1.29 is 49.1 Å². The summed E-state index contributed by atoms with van der Waals surface area (Å²) in [6.45, 7) is 2.07. The van der Waals surface area contributed by atoms with Crippen LogP contribution in [0.5, 0.6) is 0 Å². The minimum Gasteiger partial charge on any atom is -0.478 e. The van der Waals surface area contributed by atoms with E-state index in [4.69, 9.17) is 20.7 Å². The molecule has 15 heteroatoms. The highest BCUT2D eigenvalue weighted by Crippen LogP contribution is 2.54. The van der Waals surface area contributed by atoms with Gasteiger partial charge in [0.15, 0.2) is 0 Å². The number of fused-ring (bicyclic) bond motifs is 1. The van der Waals surface area contributed by atoms with Crippen LogP contribution in [0.25, 0.3) is 0 Å². The molecule has 1 saturated carbocycles. The van der Waals surface area contributed by atoms with Gasteiger partial charge >= 0.3 is 17.9 Å². The normalized spacial score (nSPS) is 21.8. The summed E-state index contributed by atoms with van der Waals surface area (Å²) in [7, 11) is 0. The first kappa shape index (κ1) is 36.1. The number of nitrogens with two attached hydrogens (primary N) is 1. The van der Waals surface area contributed by atoms with E-state index in [1.807, 2.05) is 23.5 Å². The van der Waals surface area contributed by atoms with Crippen molar-refractivity contribution in [2.75, 3.05) is 5.75 Å². The van der Waals surface area contributed by atoms with Crippen molar-refractivity contribution in [3.05, 3.63) is 53.1 Å². The Kier molecular flexibility index (Phi) is 11.8. The number of aromatic nitrogens is 1. The maximum absolute atomic E-state index is 13.3. The lowest BCUT2D eigenvalue weighted by Crippen LogP contribution is -2.54. The molecule has 2 amide bonds. The average Bonchev–Trinajstić information content (AvgIpc) is 3.65. The second kappa shape index (κ2) is 15.4. The zero-order valence-electron chi connectivity index (χ0n) is 26.1. The number of hydrogen-bond donors (Lipinski definition) is 7. The number of pyridine rings is 1. The molecule has 5 unspecified atom stereocenters. The van der Waals surface area contributed by atoms with Crippen LogP contribution < -0.4 is 16.4 Å². The SMILES string of the molecule is CCC1(C(SCC(NC(=O)CCC(N)(O)C(=O)O)C(=O)NC(O)C(=O)O)C2=C3CCC(Cc4ccncc4)=CC3C(=O)O2)CCCC1. The van der Waals surface area contributed by atoms with Crippen molar-refractivity contribution >= 4 is 41.5 Å². The van der Waals surface area contributed by atoms with Gasteiger partial charge in [0.1, 0.15) is 17.7 Å². The molecular formula is C32H42N4O10S. The summed E-state index contributed by atoms with van der Waals surface area (Å²) in [5, 5.41) is 41.8. The van der Waals surface area contributed by atoms with E-state index in [-0.39, 0.29) is 22.4 Å². The van der Waals surface area contributed by atoms with Crippen molar-refractivity contribution in [1.29, 1.82) is 0 Å². The highest BCUT2D eigenvalue weighted by molar-refractivity contribution is 8.00. The van der Waals surface area contributed by atoms with Crippen LogP contribution in [-0.4, -0.2) is 84.1 Å². The van der Waals surface area contributed by atoms with Crippen LogP contribution >= 0.6 is 11.8 Å². The first-order chi connectivity index (χ1) is 22.3. The number of nitrogens with one attached hydrogen (secondary N) is 2. The maximum Gasteiger partial charge on any atom is 0.353 e. The van der Waals surface area contributed by atoms with E-state index in [1.54, 1.807) is 12.4 Å². The molecule has 8 N–H and O–H groups in total.